The van der Waals surface area contributed by atoms with Crippen molar-refractivity contribution >= 4 is 8.60 Å². The molecular weight excluding hydrogens is 153 g/mol. The molecule has 0 heterocycles. The average Bonchev–Trinajstić information content (AvgIpc) is 1.86. The van der Waals surface area contributed by atoms with Crippen molar-refractivity contribution in [3.63, 3.8) is 0 Å². The second-order valence-electron chi connectivity index (χ2n) is 1.92. The van der Waals surface area contributed by atoms with Crippen LogP contribution in [0.15, 0.2) is 0 Å². The Kier molecular flexibility index (Phi) is 6.17. The number of nitrogens with one attached hydrogen (secondary N) is 1. The number of hydrogen-bond donors (Lipinski definition) is 3. The molecule has 0 aliphatic heterocycles. The predicted octanol–water partition coefficient (Wildman–Crippen LogP) is 0.560. The Morgan fingerprint density at radius 1 is 1.60 bits per heavy atom. The van der Waals surface area contributed by atoms with E-state index in [0.717, 1.165) is 12.8 Å². The van der Waals surface area contributed by atoms with Crippen LogP contribution in [-0.2, 0) is 4.52 Å². The average molecular weight is 167 g/mol. The van der Waals surface area contributed by atoms with E-state index in [1.165, 1.54) is 0 Å². The minimum Gasteiger partial charge on any atom is -0.328 e. The summed E-state index contributed by atoms with van der Waals surface area (Å²) >= 11 is 0. The van der Waals surface area contributed by atoms with Crippen molar-refractivity contribution in [2.45, 2.75) is 26.0 Å². The van der Waals surface area contributed by atoms with Crippen LogP contribution in [0.4, 0.5) is 0 Å². The monoisotopic (exact) mass is 167 g/mol. The summed E-state index contributed by atoms with van der Waals surface area (Å²) in [6, 6.07) is 0. The summed E-state index contributed by atoms with van der Waals surface area (Å²) in [5.41, 5.74) is 0. The van der Waals surface area contributed by atoms with E-state index in [9.17, 15) is 0 Å². The van der Waals surface area contributed by atoms with Crippen molar-refractivity contribution in [2.24, 2.45) is 0 Å². The van der Waals surface area contributed by atoms with E-state index in [0.29, 0.717) is 0 Å². The molecule has 0 fully saturated rings. The molecule has 5 heteroatoms. The van der Waals surface area contributed by atoms with Gasteiger partial charge < -0.3 is 9.79 Å². The summed E-state index contributed by atoms with van der Waals surface area (Å²) in [5, 5.41) is 2.81. The van der Waals surface area contributed by atoms with Crippen molar-refractivity contribution in [3.05, 3.63) is 0 Å². The Balaban J connectivity index is 3.39. The molecule has 0 aliphatic rings. The molecule has 0 radical (unpaired) electrons. The molecule has 1 atom stereocenters. The van der Waals surface area contributed by atoms with Crippen molar-refractivity contribution in [3.8, 4) is 0 Å². The minimum absolute atomic E-state index is 0.230. The fraction of sp³-hybridized carbons (Fsp3) is 1.00. The Labute approximate surface area is 62.2 Å². The lowest BCUT2D eigenvalue weighted by molar-refractivity contribution is 0.138. The second kappa shape index (κ2) is 6.01. The topological polar surface area (TPSA) is 61.7 Å². The lowest BCUT2D eigenvalue weighted by Crippen LogP contribution is -2.26. The maximum atomic E-state index is 8.44. The molecule has 0 aromatic heterocycles. The van der Waals surface area contributed by atoms with Crippen LogP contribution in [0, 0.1) is 0 Å². The third-order valence-electron chi connectivity index (χ3n) is 1.09. The molecule has 0 amide bonds. The molecular formula is C5H14NO3P. The van der Waals surface area contributed by atoms with Gasteiger partial charge in [0.1, 0.15) is 6.23 Å². The summed E-state index contributed by atoms with van der Waals surface area (Å²) in [4.78, 5) is 16.9. The third-order valence-corrected chi connectivity index (χ3v) is 1.54. The van der Waals surface area contributed by atoms with Gasteiger partial charge in [0.15, 0.2) is 0 Å². The summed E-state index contributed by atoms with van der Waals surface area (Å²) in [6.07, 6.45) is 1.51. The van der Waals surface area contributed by atoms with Gasteiger partial charge in [-0.3, -0.25) is 9.84 Å². The first kappa shape index (κ1) is 10.3. The van der Waals surface area contributed by atoms with E-state index in [4.69, 9.17) is 14.3 Å². The van der Waals surface area contributed by atoms with E-state index in [1.54, 1.807) is 7.05 Å². The van der Waals surface area contributed by atoms with Crippen LogP contribution in [0.2, 0.25) is 0 Å². The molecule has 0 rings (SSSR count). The SMILES string of the molecule is CCCC(NC)OP(O)O. The maximum absolute atomic E-state index is 8.44. The van der Waals surface area contributed by atoms with Crippen LogP contribution in [-0.4, -0.2) is 23.1 Å². The van der Waals surface area contributed by atoms with Gasteiger partial charge in [-0.25, -0.2) is 0 Å². The van der Waals surface area contributed by atoms with Crippen LogP contribution in [0.3, 0.4) is 0 Å². The van der Waals surface area contributed by atoms with Gasteiger partial charge in [-0.2, -0.15) is 0 Å². The smallest absolute Gasteiger partial charge is 0.328 e. The third kappa shape index (κ3) is 5.09. The largest absolute Gasteiger partial charge is 0.328 e. The quantitative estimate of drug-likeness (QED) is 0.413. The van der Waals surface area contributed by atoms with Crippen molar-refractivity contribution < 1.29 is 14.3 Å². The Hall–Kier alpha value is 0.270. The van der Waals surface area contributed by atoms with Gasteiger partial charge in [-0.05, 0) is 13.5 Å². The first-order valence-corrected chi connectivity index (χ1v) is 4.39. The Morgan fingerprint density at radius 2 is 2.20 bits per heavy atom. The molecule has 0 aromatic carbocycles. The lowest BCUT2D eigenvalue weighted by atomic mass is 10.3. The highest BCUT2D eigenvalue weighted by Crippen LogP contribution is 2.27. The highest BCUT2D eigenvalue weighted by molar-refractivity contribution is 7.39. The molecule has 0 bridgehead atoms. The van der Waals surface area contributed by atoms with E-state index in [2.05, 4.69) is 5.32 Å². The standard InChI is InChI=1S/C5H14NO3P/c1-3-4-5(6-2)9-10(7)8/h5-8H,3-4H2,1-2H3. The van der Waals surface area contributed by atoms with Gasteiger partial charge in [-0.1, -0.05) is 13.3 Å². The molecule has 4 nitrogen and oxygen atoms in total. The maximum Gasteiger partial charge on any atom is 0.328 e. The highest BCUT2D eigenvalue weighted by Gasteiger charge is 2.09. The van der Waals surface area contributed by atoms with Crippen LogP contribution < -0.4 is 5.32 Å². The van der Waals surface area contributed by atoms with E-state index in [1.807, 2.05) is 6.92 Å². The molecule has 3 N–H and O–H groups in total. The first-order valence-electron chi connectivity index (χ1n) is 3.22. The lowest BCUT2D eigenvalue weighted by Gasteiger charge is -2.15. The van der Waals surface area contributed by atoms with Gasteiger partial charge in [-0.15, -0.1) is 0 Å². The van der Waals surface area contributed by atoms with Crippen molar-refractivity contribution in [1.82, 2.24) is 5.32 Å². The first-order chi connectivity index (χ1) is 4.70. The highest BCUT2D eigenvalue weighted by atomic mass is 31.2. The summed E-state index contributed by atoms with van der Waals surface area (Å²) in [5.74, 6) is 0. The molecule has 0 spiro atoms. The summed E-state index contributed by atoms with van der Waals surface area (Å²) in [6.45, 7) is 2.00. The van der Waals surface area contributed by atoms with E-state index in [-0.39, 0.29) is 6.23 Å². The van der Waals surface area contributed by atoms with Gasteiger partial charge in [0.05, 0.1) is 0 Å². The van der Waals surface area contributed by atoms with Crippen molar-refractivity contribution in [1.29, 1.82) is 0 Å². The van der Waals surface area contributed by atoms with Crippen molar-refractivity contribution in [2.75, 3.05) is 7.05 Å². The Morgan fingerprint density at radius 3 is 2.50 bits per heavy atom. The van der Waals surface area contributed by atoms with Crippen LogP contribution >= 0.6 is 8.60 Å². The normalized spacial score (nSPS) is 14.1. The summed E-state index contributed by atoms with van der Waals surface area (Å²) < 4.78 is 4.70. The van der Waals surface area contributed by atoms with E-state index < -0.39 is 8.60 Å². The van der Waals surface area contributed by atoms with Gasteiger partial charge >= 0.3 is 8.60 Å². The molecule has 0 aliphatic carbocycles. The zero-order chi connectivity index (χ0) is 7.98. The zero-order valence-corrected chi connectivity index (χ0v) is 7.14. The molecule has 62 valence electrons. The van der Waals surface area contributed by atoms with Gasteiger partial charge in [0, 0.05) is 0 Å². The Bertz CT molecular complexity index is 81.3. The molecule has 10 heavy (non-hydrogen) atoms. The van der Waals surface area contributed by atoms with Gasteiger partial charge in [0.2, 0.25) is 0 Å². The number of hydrogen-bond acceptors (Lipinski definition) is 4. The van der Waals surface area contributed by atoms with Gasteiger partial charge in [0.25, 0.3) is 0 Å². The zero-order valence-electron chi connectivity index (χ0n) is 6.24. The minimum atomic E-state index is -2.22. The molecule has 0 saturated carbocycles. The number of rotatable bonds is 5. The fourth-order valence-corrected chi connectivity index (χ4v) is 1.06. The van der Waals surface area contributed by atoms with Crippen LogP contribution in [0.1, 0.15) is 19.8 Å². The second-order valence-corrected chi connectivity index (χ2v) is 2.64. The van der Waals surface area contributed by atoms with Crippen LogP contribution in [0.25, 0.3) is 0 Å². The summed E-state index contributed by atoms with van der Waals surface area (Å²) in [7, 11) is -0.498. The van der Waals surface area contributed by atoms with E-state index >= 15 is 0 Å². The molecule has 0 aromatic rings. The molecule has 1 unspecified atom stereocenters. The predicted molar refractivity (Wildman–Crippen MR) is 40.2 cm³/mol. The molecule has 0 saturated heterocycles. The van der Waals surface area contributed by atoms with Crippen LogP contribution in [0.5, 0.6) is 0 Å². The fourth-order valence-electron chi connectivity index (χ4n) is 0.626.